The van der Waals surface area contributed by atoms with Crippen LogP contribution < -0.4 is 15.2 Å². The lowest BCUT2D eigenvalue weighted by atomic mass is 10.1. The Morgan fingerprint density at radius 3 is 2.65 bits per heavy atom. The monoisotopic (exact) mass is 462 g/mol. The molecule has 1 saturated heterocycles. The zero-order valence-corrected chi connectivity index (χ0v) is 17.2. The van der Waals surface area contributed by atoms with Gasteiger partial charge >= 0.3 is 6.18 Å². The third kappa shape index (κ3) is 4.78. The number of carbonyl (C=O) groups excluding carboxylic acids is 1. The Labute approximate surface area is 176 Å². The van der Waals surface area contributed by atoms with Crippen LogP contribution in [-0.2, 0) is 19.8 Å². The number of carbonyl (C=O) groups is 1. The summed E-state index contributed by atoms with van der Waals surface area (Å²) in [7, 11) is -1.99. The summed E-state index contributed by atoms with van der Waals surface area (Å²) in [6.07, 6.45) is -3.38. The van der Waals surface area contributed by atoms with Crippen LogP contribution in [0.3, 0.4) is 0 Å². The molecule has 0 spiro atoms. The third-order valence-electron chi connectivity index (χ3n) is 4.77. The molecule has 2 heterocycles. The molecular formula is C18H21F3N4O5S. The first-order valence-electron chi connectivity index (χ1n) is 9.20. The summed E-state index contributed by atoms with van der Waals surface area (Å²) in [5, 5.41) is 12.4. The predicted octanol–water partition coefficient (Wildman–Crippen LogP) is 2.70. The lowest BCUT2D eigenvalue weighted by molar-refractivity contribution is -0.137. The molecule has 1 aliphatic heterocycles. The first-order chi connectivity index (χ1) is 14.4. The molecule has 1 aromatic carbocycles. The van der Waals surface area contributed by atoms with Gasteiger partial charge in [0.25, 0.3) is 11.5 Å². The van der Waals surface area contributed by atoms with Crippen molar-refractivity contribution >= 4 is 22.6 Å². The van der Waals surface area contributed by atoms with E-state index in [1.54, 1.807) is 0 Å². The first-order valence-corrected chi connectivity index (χ1v) is 10.9. The smallest absolute Gasteiger partial charge is 0.416 e. The molecule has 31 heavy (non-hydrogen) atoms. The zero-order valence-electron chi connectivity index (χ0n) is 16.4. The third-order valence-corrected chi connectivity index (χ3v) is 6.66. The maximum atomic E-state index is 12.8. The second kappa shape index (κ2) is 8.40. The van der Waals surface area contributed by atoms with Crippen LogP contribution in [0, 0.1) is 0 Å². The molecule has 0 unspecified atom stereocenters. The molecule has 0 radical (unpaired) electrons. The second-order valence-electron chi connectivity index (χ2n) is 7.00. The van der Waals surface area contributed by atoms with E-state index in [1.807, 2.05) is 0 Å². The van der Waals surface area contributed by atoms with E-state index < -0.39 is 45.4 Å². The fourth-order valence-electron chi connectivity index (χ4n) is 3.12. The van der Waals surface area contributed by atoms with Crippen molar-refractivity contribution in [3.05, 3.63) is 51.4 Å². The molecule has 0 atom stereocenters. The van der Waals surface area contributed by atoms with Gasteiger partial charge in [-0.05, 0) is 30.5 Å². The SMILES string of the molecule is Cn1c(N2CCCCS2(O)O)nc(C(=O)NCc2cccc(C(F)(F)F)c2)c(O)c1=O. The Bertz CT molecular complexity index is 1060. The van der Waals surface area contributed by atoms with Crippen molar-refractivity contribution in [2.24, 2.45) is 7.05 Å². The van der Waals surface area contributed by atoms with Crippen LogP contribution in [0.2, 0.25) is 0 Å². The number of halogens is 3. The predicted molar refractivity (Wildman–Crippen MR) is 108 cm³/mol. The molecular weight excluding hydrogens is 441 g/mol. The largest absolute Gasteiger partial charge is 0.501 e. The van der Waals surface area contributed by atoms with Gasteiger partial charge in [-0.1, -0.05) is 12.1 Å². The number of aromatic hydroxyl groups is 1. The van der Waals surface area contributed by atoms with Crippen LogP contribution in [0.1, 0.15) is 34.5 Å². The summed E-state index contributed by atoms with van der Waals surface area (Å²) < 4.78 is 61.1. The highest BCUT2D eigenvalue weighted by molar-refractivity contribution is 8.25. The molecule has 0 aliphatic carbocycles. The minimum absolute atomic E-state index is 0.0703. The van der Waals surface area contributed by atoms with Crippen molar-refractivity contribution in [3.8, 4) is 5.75 Å². The van der Waals surface area contributed by atoms with Gasteiger partial charge in [-0.2, -0.15) is 13.2 Å². The molecule has 4 N–H and O–H groups in total. The van der Waals surface area contributed by atoms with Gasteiger partial charge in [0.1, 0.15) is 0 Å². The summed E-state index contributed by atoms with van der Waals surface area (Å²) in [6, 6.07) is 4.33. The van der Waals surface area contributed by atoms with Crippen molar-refractivity contribution < 1.29 is 32.2 Å². The highest BCUT2D eigenvalue weighted by Gasteiger charge is 2.32. The number of nitrogens with zero attached hydrogens (tertiary/aromatic N) is 3. The standard InChI is InChI=1S/C18H21F3N4O5S/c1-24-16(28)14(26)13(23-17(24)25-7-2-3-8-31(25,29)30)15(27)22-10-11-5-4-6-12(9-11)18(19,20)21/h4-6,9,26,29-30H,2-3,7-8,10H2,1H3,(H,22,27). The first kappa shape index (κ1) is 22.9. The number of alkyl halides is 3. The highest BCUT2D eigenvalue weighted by atomic mass is 32.3. The summed E-state index contributed by atoms with van der Waals surface area (Å²) in [4.78, 5) is 28.9. The Morgan fingerprint density at radius 1 is 1.29 bits per heavy atom. The maximum Gasteiger partial charge on any atom is 0.416 e. The van der Waals surface area contributed by atoms with Crippen LogP contribution in [0.15, 0.2) is 29.1 Å². The Kier molecular flexibility index (Phi) is 6.21. The molecule has 3 rings (SSSR count). The molecule has 1 aromatic heterocycles. The number of hydrogen-bond acceptors (Lipinski definition) is 7. The minimum atomic E-state index is -4.54. The quantitative estimate of drug-likeness (QED) is 0.550. The van der Waals surface area contributed by atoms with Gasteiger partial charge in [0.15, 0.2) is 5.69 Å². The average molecular weight is 462 g/mol. The van der Waals surface area contributed by atoms with Gasteiger partial charge in [0, 0.05) is 20.1 Å². The number of anilines is 1. The van der Waals surface area contributed by atoms with Gasteiger partial charge in [0.05, 0.1) is 11.3 Å². The van der Waals surface area contributed by atoms with E-state index in [2.05, 4.69) is 10.3 Å². The Morgan fingerprint density at radius 2 is 2.00 bits per heavy atom. The summed E-state index contributed by atoms with van der Waals surface area (Å²) in [5.74, 6) is -2.09. The summed E-state index contributed by atoms with van der Waals surface area (Å²) >= 11 is 0. The van der Waals surface area contributed by atoms with Crippen molar-refractivity contribution in [2.75, 3.05) is 16.6 Å². The number of aromatic nitrogens is 2. The average Bonchev–Trinajstić information content (AvgIpc) is 2.70. The number of nitrogens with one attached hydrogen (secondary N) is 1. The molecule has 1 fully saturated rings. The second-order valence-corrected chi connectivity index (χ2v) is 9.11. The Balaban J connectivity index is 1.88. The van der Waals surface area contributed by atoms with Crippen LogP contribution in [-0.4, -0.2) is 42.0 Å². The van der Waals surface area contributed by atoms with E-state index in [-0.39, 0.29) is 30.4 Å². The van der Waals surface area contributed by atoms with Gasteiger partial charge in [0.2, 0.25) is 11.7 Å². The van der Waals surface area contributed by atoms with E-state index in [0.29, 0.717) is 12.8 Å². The van der Waals surface area contributed by atoms with Crippen LogP contribution in [0.25, 0.3) is 0 Å². The van der Waals surface area contributed by atoms with Crippen molar-refractivity contribution in [1.29, 1.82) is 0 Å². The lowest BCUT2D eigenvalue weighted by Crippen LogP contribution is -2.39. The van der Waals surface area contributed by atoms with Crippen LogP contribution >= 0.6 is 10.8 Å². The van der Waals surface area contributed by atoms with Crippen LogP contribution in [0.5, 0.6) is 5.75 Å². The molecule has 0 bridgehead atoms. The summed E-state index contributed by atoms with van der Waals surface area (Å²) in [6.45, 7) is -0.133. The van der Waals surface area contributed by atoms with E-state index >= 15 is 0 Å². The Hall–Kier alpha value is -2.77. The lowest BCUT2D eigenvalue weighted by Gasteiger charge is -2.46. The van der Waals surface area contributed by atoms with E-state index in [0.717, 1.165) is 21.0 Å². The molecule has 13 heteroatoms. The van der Waals surface area contributed by atoms with Crippen molar-refractivity contribution in [3.63, 3.8) is 0 Å². The number of amides is 1. The highest BCUT2D eigenvalue weighted by Crippen LogP contribution is 2.48. The van der Waals surface area contributed by atoms with Gasteiger partial charge < -0.3 is 10.4 Å². The van der Waals surface area contributed by atoms with E-state index in [4.69, 9.17) is 0 Å². The minimum Gasteiger partial charge on any atom is -0.501 e. The molecule has 9 nitrogen and oxygen atoms in total. The van der Waals surface area contributed by atoms with Gasteiger partial charge in [-0.15, -0.1) is 10.8 Å². The molecule has 1 aliphatic rings. The number of benzene rings is 1. The van der Waals surface area contributed by atoms with Gasteiger partial charge in [-0.3, -0.25) is 23.3 Å². The van der Waals surface area contributed by atoms with E-state index in [9.17, 15) is 37.0 Å². The van der Waals surface area contributed by atoms with Crippen molar-refractivity contribution in [1.82, 2.24) is 14.9 Å². The van der Waals surface area contributed by atoms with Gasteiger partial charge in [-0.25, -0.2) is 9.29 Å². The van der Waals surface area contributed by atoms with Crippen molar-refractivity contribution in [2.45, 2.75) is 25.6 Å². The fourth-order valence-corrected chi connectivity index (χ4v) is 4.78. The molecule has 170 valence electrons. The number of hydrogen-bond donors (Lipinski definition) is 4. The normalized spacial score (nSPS) is 17.3. The summed E-state index contributed by atoms with van der Waals surface area (Å²) in [5.41, 5.74) is -2.37. The molecule has 0 saturated carbocycles. The fraction of sp³-hybridized carbons (Fsp3) is 0.389. The topological polar surface area (TPSA) is 128 Å². The molecule has 1 amide bonds. The number of rotatable bonds is 4. The zero-order chi connectivity index (χ0) is 23.0. The van der Waals surface area contributed by atoms with E-state index in [1.165, 1.54) is 19.2 Å². The maximum absolute atomic E-state index is 12.8. The van der Waals surface area contributed by atoms with Crippen LogP contribution in [0.4, 0.5) is 19.1 Å². The molecule has 2 aromatic rings.